The standard InChI is InChI=1S/C11H15FN2O/c1-14(9-4-5-15-7-9)11-6-8(12)2-3-10(11)13/h2-3,6,9H,4-5,7,13H2,1H3. The molecule has 0 spiro atoms. The number of nitrogens with zero attached hydrogens (tertiary/aromatic N) is 1. The Balaban J connectivity index is 2.23. The molecule has 0 bridgehead atoms. The molecule has 1 aliphatic rings. The molecule has 0 saturated carbocycles. The van der Waals surface area contributed by atoms with Gasteiger partial charge in [-0.05, 0) is 24.6 Å². The van der Waals surface area contributed by atoms with E-state index in [1.165, 1.54) is 12.1 Å². The Labute approximate surface area is 88.6 Å². The molecule has 0 amide bonds. The number of likely N-dealkylation sites (N-methyl/N-ethyl adjacent to an activating group) is 1. The van der Waals surface area contributed by atoms with E-state index >= 15 is 0 Å². The molecule has 1 atom stereocenters. The first-order valence-electron chi connectivity index (χ1n) is 5.04. The average molecular weight is 210 g/mol. The first-order chi connectivity index (χ1) is 7.18. The van der Waals surface area contributed by atoms with Crippen molar-refractivity contribution in [3.05, 3.63) is 24.0 Å². The quantitative estimate of drug-likeness (QED) is 0.754. The van der Waals surface area contributed by atoms with Crippen molar-refractivity contribution in [2.45, 2.75) is 12.5 Å². The van der Waals surface area contributed by atoms with Gasteiger partial charge in [-0.3, -0.25) is 0 Å². The summed E-state index contributed by atoms with van der Waals surface area (Å²) in [7, 11) is 1.92. The lowest BCUT2D eigenvalue weighted by atomic mass is 10.2. The summed E-state index contributed by atoms with van der Waals surface area (Å²) in [6.45, 7) is 1.46. The lowest BCUT2D eigenvalue weighted by Gasteiger charge is -2.26. The third kappa shape index (κ3) is 2.04. The van der Waals surface area contributed by atoms with Crippen LogP contribution < -0.4 is 10.6 Å². The summed E-state index contributed by atoms with van der Waals surface area (Å²) in [5.74, 6) is -0.259. The first-order valence-corrected chi connectivity index (χ1v) is 5.04. The maximum Gasteiger partial charge on any atom is 0.125 e. The SMILES string of the molecule is CN(c1cc(F)ccc1N)C1CCOC1. The van der Waals surface area contributed by atoms with Crippen LogP contribution >= 0.6 is 0 Å². The van der Waals surface area contributed by atoms with Gasteiger partial charge in [0.25, 0.3) is 0 Å². The van der Waals surface area contributed by atoms with Crippen molar-refractivity contribution in [1.82, 2.24) is 0 Å². The fraction of sp³-hybridized carbons (Fsp3) is 0.455. The van der Waals surface area contributed by atoms with Crippen LogP contribution in [0, 0.1) is 5.82 Å². The van der Waals surface area contributed by atoms with Crippen molar-refractivity contribution in [3.63, 3.8) is 0 Å². The molecule has 15 heavy (non-hydrogen) atoms. The van der Waals surface area contributed by atoms with E-state index in [1.54, 1.807) is 6.07 Å². The molecule has 0 aromatic heterocycles. The molecule has 2 N–H and O–H groups in total. The van der Waals surface area contributed by atoms with Crippen molar-refractivity contribution in [2.75, 3.05) is 30.9 Å². The number of ether oxygens (including phenoxy) is 1. The molecule has 3 nitrogen and oxygen atoms in total. The van der Waals surface area contributed by atoms with Gasteiger partial charge in [0, 0.05) is 13.7 Å². The van der Waals surface area contributed by atoms with Gasteiger partial charge in [-0.2, -0.15) is 0 Å². The highest BCUT2D eigenvalue weighted by molar-refractivity contribution is 5.67. The predicted molar refractivity (Wildman–Crippen MR) is 58.4 cm³/mol. The fourth-order valence-corrected chi connectivity index (χ4v) is 1.85. The van der Waals surface area contributed by atoms with Gasteiger partial charge >= 0.3 is 0 Å². The zero-order chi connectivity index (χ0) is 10.8. The van der Waals surface area contributed by atoms with Crippen molar-refractivity contribution in [2.24, 2.45) is 0 Å². The monoisotopic (exact) mass is 210 g/mol. The van der Waals surface area contributed by atoms with Gasteiger partial charge in [-0.15, -0.1) is 0 Å². The number of nitrogen functional groups attached to an aromatic ring is 1. The normalized spacial score (nSPS) is 20.5. The molecule has 4 heteroatoms. The maximum absolute atomic E-state index is 13.1. The van der Waals surface area contributed by atoms with E-state index in [1.807, 2.05) is 11.9 Å². The fourth-order valence-electron chi connectivity index (χ4n) is 1.85. The Kier molecular flexibility index (Phi) is 2.77. The summed E-state index contributed by atoms with van der Waals surface area (Å²) >= 11 is 0. The van der Waals surface area contributed by atoms with Crippen molar-refractivity contribution in [3.8, 4) is 0 Å². The van der Waals surface area contributed by atoms with Crippen LogP contribution in [-0.2, 0) is 4.74 Å². The average Bonchev–Trinajstić information content (AvgIpc) is 2.74. The number of nitrogens with two attached hydrogens (primary N) is 1. The molecule has 1 saturated heterocycles. The molecule has 1 aliphatic heterocycles. The lowest BCUT2D eigenvalue weighted by molar-refractivity contribution is 0.193. The highest BCUT2D eigenvalue weighted by atomic mass is 19.1. The van der Waals surface area contributed by atoms with Crippen LogP contribution in [0.4, 0.5) is 15.8 Å². The largest absolute Gasteiger partial charge is 0.397 e. The number of hydrogen-bond donors (Lipinski definition) is 1. The van der Waals surface area contributed by atoms with Gasteiger partial charge in [0.2, 0.25) is 0 Å². The van der Waals surface area contributed by atoms with Crippen molar-refractivity contribution in [1.29, 1.82) is 0 Å². The summed E-state index contributed by atoms with van der Waals surface area (Å²) in [5, 5.41) is 0. The zero-order valence-electron chi connectivity index (χ0n) is 8.74. The van der Waals surface area contributed by atoms with Crippen molar-refractivity contribution < 1.29 is 9.13 Å². The number of benzene rings is 1. The van der Waals surface area contributed by atoms with Crippen LogP contribution in [0.3, 0.4) is 0 Å². The van der Waals surface area contributed by atoms with Gasteiger partial charge in [0.05, 0.1) is 24.0 Å². The van der Waals surface area contributed by atoms with E-state index in [2.05, 4.69) is 0 Å². The molecule has 82 valence electrons. The van der Waals surface area contributed by atoms with Crippen LogP contribution in [-0.4, -0.2) is 26.3 Å². The highest BCUT2D eigenvalue weighted by Crippen LogP contribution is 2.26. The molecule has 1 unspecified atom stereocenters. The Bertz CT molecular complexity index is 350. The number of rotatable bonds is 2. The molecular formula is C11H15FN2O. The van der Waals surface area contributed by atoms with Crippen LogP contribution in [0.15, 0.2) is 18.2 Å². The summed E-state index contributed by atoms with van der Waals surface area (Å²) in [4.78, 5) is 1.99. The Morgan fingerprint density at radius 1 is 1.53 bits per heavy atom. The topological polar surface area (TPSA) is 38.5 Å². The molecule has 1 aromatic carbocycles. The van der Waals surface area contributed by atoms with Gasteiger partial charge < -0.3 is 15.4 Å². The zero-order valence-corrected chi connectivity index (χ0v) is 8.74. The molecule has 0 aliphatic carbocycles. The van der Waals surface area contributed by atoms with Crippen LogP contribution in [0.5, 0.6) is 0 Å². The second-order valence-electron chi connectivity index (χ2n) is 3.83. The van der Waals surface area contributed by atoms with Gasteiger partial charge in [-0.25, -0.2) is 4.39 Å². The minimum Gasteiger partial charge on any atom is -0.397 e. The highest BCUT2D eigenvalue weighted by Gasteiger charge is 2.21. The molecular weight excluding hydrogens is 195 g/mol. The number of hydrogen-bond acceptors (Lipinski definition) is 3. The van der Waals surface area contributed by atoms with Crippen molar-refractivity contribution >= 4 is 11.4 Å². The summed E-state index contributed by atoms with van der Waals surface area (Å²) in [6, 6.07) is 4.73. The summed E-state index contributed by atoms with van der Waals surface area (Å²) in [5.41, 5.74) is 7.15. The minimum atomic E-state index is -0.259. The number of anilines is 2. The smallest absolute Gasteiger partial charge is 0.125 e. The summed E-state index contributed by atoms with van der Waals surface area (Å²) < 4.78 is 18.4. The second kappa shape index (κ2) is 4.06. The molecule has 1 fully saturated rings. The minimum absolute atomic E-state index is 0.259. The Morgan fingerprint density at radius 3 is 3.00 bits per heavy atom. The van der Waals surface area contributed by atoms with E-state index in [-0.39, 0.29) is 5.82 Å². The maximum atomic E-state index is 13.1. The molecule has 1 aromatic rings. The Morgan fingerprint density at radius 2 is 2.33 bits per heavy atom. The van der Waals surface area contributed by atoms with Crippen LogP contribution in [0.25, 0.3) is 0 Å². The van der Waals surface area contributed by atoms with E-state index in [0.29, 0.717) is 18.3 Å². The Hall–Kier alpha value is -1.29. The van der Waals surface area contributed by atoms with E-state index in [9.17, 15) is 4.39 Å². The van der Waals surface area contributed by atoms with Crippen LogP contribution in [0.1, 0.15) is 6.42 Å². The van der Waals surface area contributed by atoms with E-state index < -0.39 is 0 Å². The third-order valence-corrected chi connectivity index (χ3v) is 2.83. The lowest BCUT2D eigenvalue weighted by Crippen LogP contribution is -2.32. The predicted octanol–water partition coefficient (Wildman–Crippen LogP) is 1.63. The van der Waals surface area contributed by atoms with Crippen LogP contribution in [0.2, 0.25) is 0 Å². The molecule has 1 heterocycles. The first kappa shape index (κ1) is 10.2. The third-order valence-electron chi connectivity index (χ3n) is 2.83. The number of halogens is 1. The van der Waals surface area contributed by atoms with Gasteiger partial charge in [-0.1, -0.05) is 0 Å². The van der Waals surface area contributed by atoms with E-state index in [4.69, 9.17) is 10.5 Å². The second-order valence-corrected chi connectivity index (χ2v) is 3.83. The summed E-state index contributed by atoms with van der Waals surface area (Å²) in [6.07, 6.45) is 0.965. The van der Waals surface area contributed by atoms with E-state index in [0.717, 1.165) is 18.7 Å². The van der Waals surface area contributed by atoms with Gasteiger partial charge in [0.15, 0.2) is 0 Å². The molecule has 2 rings (SSSR count). The van der Waals surface area contributed by atoms with Gasteiger partial charge in [0.1, 0.15) is 5.82 Å². The molecule has 0 radical (unpaired) electrons.